The highest BCUT2D eigenvalue weighted by Gasteiger charge is 2.31. The molecular weight excluding hydrogens is 252 g/mol. The molecule has 3 N–H and O–H groups in total. The van der Waals surface area contributed by atoms with Crippen molar-refractivity contribution in [3.05, 3.63) is 23.8 Å². The van der Waals surface area contributed by atoms with E-state index in [0.29, 0.717) is 5.92 Å². The highest BCUT2D eigenvalue weighted by Crippen LogP contribution is 2.42. The maximum atomic E-state index is 5.83. The Morgan fingerprint density at radius 2 is 2.10 bits per heavy atom. The molecule has 2 rings (SSSR count). The number of benzene rings is 1. The fourth-order valence-corrected chi connectivity index (χ4v) is 3.34. The van der Waals surface area contributed by atoms with E-state index in [4.69, 9.17) is 15.3 Å². The molecule has 0 radical (unpaired) electrons. The molecule has 1 aromatic rings. The minimum Gasteiger partial charge on any atom is -0.497 e. The van der Waals surface area contributed by atoms with Crippen molar-refractivity contribution in [1.29, 1.82) is 0 Å². The third-order valence-electron chi connectivity index (χ3n) is 4.59. The van der Waals surface area contributed by atoms with Crippen LogP contribution < -0.4 is 20.7 Å². The Bertz CT molecular complexity index is 436. The third kappa shape index (κ3) is 3.07. The van der Waals surface area contributed by atoms with Crippen molar-refractivity contribution in [2.24, 2.45) is 17.7 Å². The van der Waals surface area contributed by atoms with E-state index >= 15 is 0 Å². The summed E-state index contributed by atoms with van der Waals surface area (Å²) in [5.74, 6) is 8.88. The molecular formula is C16H26N2O2. The summed E-state index contributed by atoms with van der Waals surface area (Å²) in [5, 5.41) is 0. The number of hydrazine groups is 1. The molecule has 3 unspecified atom stereocenters. The zero-order valence-corrected chi connectivity index (χ0v) is 12.7. The molecule has 1 fully saturated rings. The lowest BCUT2D eigenvalue weighted by Crippen LogP contribution is -2.33. The van der Waals surface area contributed by atoms with Gasteiger partial charge >= 0.3 is 0 Å². The van der Waals surface area contributed by atoms with E-state index in [1.165, 1.54) is 25.7 Å². The van der Waals surface area contributed by atoms with Crippen LogP contribution in [0.5, 0.6) is 11.5 Å². The molecule has 0 amide bonds. The Morgan fingerprint density at radius 1 is 1.30 bits per heavy atom. The highest BCUT2D eigenvalue weighted by atomic mass is 16.5. The average molecular weight is 278 g/mol. The van der Waals surface area contributed by atoms with E-state index in [-0.39, 0.29) is 6.04 Å². The van der Waals surface area contributed by atoms with Crippen LogP contribution in [-0.2, 0) is 0 Å². The SMILES string of the molecule is CCC1CCC(C(NN)c2ccc(OC)cc2OC)C1. The first kappa shape index (κ1) is 15.1. The number of nitrogens with one attached hydrogen (secondary N) is 1. The highest BCUT2D eigenvalue weighted by molar-refractivity contribution is 5.42. The largest absolute Gasteiger partial charge is 0.497 e. The molecule has 20 heavy (non-hydrogen) atoms. The second kappa shape index (κ2) is 6.95. The second-order valence-corrected chi connectivity index (χ2v) is 5.60. The Kier molecular flexibility index (Phi) is 5.26. The molecule has 0 bridgehead atoms. The number of ether oxygens (including phenoxy) is 2. The van der Waals surface area contributed by atoms with Crippen LogP contribution in [0, 0.1) is 11.8 Å². The molecule has 1 saturated carbocycles. The maximum absolute atomic E-state index is 5.83. The minimum absolute atomic E-state index is 0.146. The number of hydrogen-bond acceptors (Lipinski definition) is 4. The van der Waals surface area contributed by atoms with Crippen LogP contribution in [0.3, 0.4) is 0 Å². The van der Waals surface area contributed by atoms with E-state index in [1.54, 1.807) is 14.2 Å². The predicted molar refractivity (Wildman–Crippen MR) is 80.7 cm³/mol. The topological polar surface area (TPSA) is 56.5 Å². The number of methoxy groups -OCH3 is 2. The van der Waals surface area contributed by atoms with Crippen molar-refractivity contribution in [3.8, 4) is 11.5 Å². The van der Waals surface area contributed by atoms with E-state index in [1.807, 2.05) is 12.1 Å². The van der Waals surface area contributed by atoms with Crippen molar-refractivity contribution in [3.63, 3.8) is 0 Å². The van der Waals surface area contributed by atoms with Gasteiger partial charge in [-0.1, -0.05) is 25.8 Å². The van der Waals surface area contributed by atoms with Crippen LogP contribution in [-0.4, -0.2) is 14.2 Å². The first-order chi connectivity index (χ1) is 9.73. The summed E-state index contributed by atoms with van der Waals surface area (Å²) in [5.41, 5.74) is 4.12. The molecule has 0 spiro atoms. The van der Waals surface area contributed by atoms with E-state index in [0.717, 1.165) is 23.0 Å². The third-order valence-corrected chi connectivity index (χ3v) is 4.59. The summed E-state index contributed by atoms with van der Waals surface area (Å²) in [6.45, 7) is 2.27. The normalized spacial score (nSPS) is 23.6. The summed E-state index contributed by atoms with van der Waals surface area (Å²) >= 11 is 0. The van der Waals surface area contributed by atoms with Gasteiger partial charge in [-0.15, -0.1) is 0 Å². The molecule has 4 nitrogen and oxygen atoms in total. The lowest BCUT2D eigenvalue weighted by atomic mass is 9.90. The van der Waals surface area contributed by atoms with Crippen molar-refractivity contribution >= 4 is 0 Å². The minimum atomic E-state index is 0.146. The van der Waals surface area contributed by atoms with Crippen LogP contribution in [0.2, 0.25) is 0 Å². The van der Waals surface area contributed by atoms with Crippen LogP contribution in [0.1, 0.15) is 44.2 Å². The second-order valence-electron chi connectivity index (χ2n) is 5.60. The van der Waals surface area contributed by atoms with Crippen LogP contribution >= 0.6 is 0 Å². The van der Waals surface area contributed by atoms with Crippen LogP contribution in [0.4, 0.5) is 0 Å². The molecule has 112 valence electrons. The van der Waals surface area contributed by atoms with Crippen LogP contribution in [0.25, 0.3) is 0 Å². The van der Waals surface area contributed by atoms with Crippen molar-refractivity contribution < 1.29 is 9.47 Å². The number of hydrogen-bond donors (Lipinski definition) is 2. The van der Waals surface area contributed by atoms with Gasteiger partial charge in [0, 0.05) is 11.6 Å². The molecule has 1 aliphatic rings. The lowest BCUT2D eigenvalue weighted by molar-refractivity contribution is 0.336. The molecule has 0 aromatic heterocycles. The summed E-state index contributed by atoms with van der Waals surface area (Å²) in [6, 6.07) is 6.09. The Labute approximate surface area is 121 Å². The van der Waals surface area contributed by atoms with Crippen LogP contribution in [0.15, 0.2) is 18.2 Å². The van der Waals surface area contributed by atoms with Gasteiger partial charge in [0.2, 0.25) is 0 Å². The van der Waals surface area contributed by atoms with Gasteiger partial charge in [-0.05, 0) is 30.7 Å². The standard InChI is InChI=1S/C16H26N2O2/c1-4-11-5-6-12(9-11)16(18-17)14-8-7-13(19-2)10-15(14)20-3/h7-8,10-12,16,18H,4-6,9,17H2,1-3H3. The summed E-state index contributed by atoms with van der Waals surface area (Å²) in [6.07, 6.45) is 5.02. The first-order valence-electron chi connectivity index (χ1n) is 7.41. The van der Waals surface area contributed by atoms with Gasteiger partial charge < -0.3 is 9.47 Å². The first-order valence-corrected chi connectivity index (χ1v) is 7.41. The number of nitrogens with two attached hydrogens (primary N) is 1. The summed E-state index contributed by atoms with van der Waals surface area (Å²) in [7, 11) is 3.35. The summed E-state index contributed by atoms with van der Waals surface area (Å²) in [4.78, 5) is 0. The van der Waals surface area contributed by atoms with Crippen molar-refractivity contribution in [1.82, 2.24) is 5.43 Å². The van der Waals surface area contributed by atoms with E-state index in [9.17, 15) is 0 Å². The lowest BCUT2D eigenvalue weighted by Gasteiger charge is -2.25. The summed E-state index contributed by atoms with van der Waals surface area (Å²) < 4.78 is 10.8. The number of rotatable bonds is 6. The molecule has 0 saturated heterocycles. The Hall–Kier alpha value is -1.26. The smallest absolute Gasteiger partial charge is 0.127 e. The predicted octanol–water partition coefficient (Wildman–Crippen LogP) is 3.03. The average Bonchev–Trinajstić information content (AvgIpc) is 2.97. The fourth-order valence-electron chi connectivity index (χ4n) is 3.34. The Morgan fingerprint density at radius 3 is 2.65 bits per heavy atom. The molecule has 4 heteroatoms. The molecule has 1 aliphatic carbocycles. The van der Waals surface area contributed by atoms with Gasteiger partial charge in [0.05, 0.1) is 20.3 Å². The maximum Gasteiger partial charge on any atom is 0.127 e. The van der Waals surface area contributed by atoms with Crippen molar-refractivity contribution in [2.45, 2.75) is 38.6 Å². The zero-order chi connectivity index (χ0) is 14.5. The molecule has 3 atom stereocenters. The fraction of sp³-hybridized carbons (Fsp3) is 0.625. The van der Waals surface area contributed by atoms with Gasteiger partial charge in [0.15, 0.2) is 0 Å². The molecule has 1 aromatic carbocycles. The van der Waals surface area contributed by atoms with E-state index < -0.39 is 0 Å². The van der Waals surface area contributed by atoms with Gasteiger partial charge in [-0.25, -0.2) is 0 Å². The van der Waals surface area contributed by atoms with E-state index in [2.05, 4.69) is 18.4 Å². The van der Waals surface area contributed by atoms with Gasteiger partial charge in [0.25, 0.3) is 0 Å². The monoisotopic (exact) mass is 278 g/mol. The van der Waals surface area contributed by atoms with Gasteiger partial charge in [-0.3, -0.25) is 11.3 Å². The van der Waals surface area contributed by atoms with Crippen molar-refractivity contribution in [2.75, 3.05) is 14.2 Å². The zero-order valence-electron chi connectivity index (χ0n) is 12.7. The molecule has 0 heterocycles. The van der Waals surface area contributed by atoms with Gasteiger partial charge in [0.1, 0.15) is 11.5 Å². The molecule has 0 aliphatic heterocycles. The quantitative estimate of drug-likeness (QED) is 0.620. The Balaban J connectivity index is 2.23. The van der Waals surface area contributed by atoms with Gasteiger partial charge in [-0.2, -0.15) is 0 Å².